The zero-order valence-electron chi connectivity index (χ0n) is 14.2. The molecular weight excluding hydrogens is 404 g/mol. The molecule has 0 fully saturated rings. The Morgan fingerprint density at radius 2 is 1.68 bits per heavy atom. The minimum atomic E-state index is -0.403. The van der Waals surface area contributed by atoms with Crippen LogP contribution in [-0.4, -0.2) is 19.9 Å². The van der Waals surface area contributed by atoms with Gasteiger partial charge in [0, 0.05) is 23.4 Å². The molecule has 28 heavy (non-hydrogen) atoms. The monoisotopic (exact) mass is 415 g/mol. The predicted octanol–water partition coefficient (Wildman–Crippen LogP) is 5.26. The number of rotatable bonds is 3. The second-order valence-corrected chi connectivity index (χ2v) is 6.80. The molecule has 0 unspecified atom stereocenters. The van der Waals surface area contributed by atoms with Crippen LogP contribution in [0.15, 0.2) is 65.6 Å². The summed E-state index contributed by atoms with van der Waals surface area (Å²) in [5.41, 5.74) is 1.57. The number of H-pyrrole nitrogens is 1. The van der Waals surface area contributed by atoms with Gasteiger partial charge in [-0.15, -0.1) is 0 Å². The van der Waals surface area contributed by atoms with E-state index in [0.29, 0.717) is 32.4 Å². The number of halogens is 3. The predicted molar refractivity (Wildman–Crippen MR) is 106 cm³/mol. The molecule has 0 aliphatic heterocycles. The molecule has 0 saturated carbocycles. The van der Waals surface area contributed by atoms with Crippen LogP contribution in [0, 0.1) is 5.82 Å². The van der Waals surface area contributed by atoms with Crippen molar-refractivity contribution in [1.29, 1.82) is 0 Å². The Morgan fingerprint density at radius 1 is 1.00 bits per heavy atom. The lowest BCUT2D eigenvalue weighted by Crippen LogP contribution is -2.05. The summed E-state index contributed by atoms with van der Waals surface area (Å²) >= 11 is 12.6. The maximum absolute atomic E-state index is 13.4. The van der Waals surface area contributed by atoms with E-state index in [9.17, 15) is 14.4 Å². The number of pyridine rings is 1. The van der Waals surface area contributed by atoms with E-state index >= 15 is 0 Å². The Morgan fingerprint density at radius 3 is 2.32 bits per heavy atom. The first-order chi connectivity index (χ1) is 13.5. The number of aromatic amines is 1. The standard InChI is InChI=1S/C20H12Cl2FN3O2/c21-14-2-1-3-15(22)17(14)20-25-18(11-4-6-13(23)7-5-11)19(26(20)28)12-8-9-24-16(27)10-12/h1-10,28H,(H,24,27). The van der Waals surface area contributed by atoms with E-state index in [1.165, 1.54) is 36.5 Å². The summed E-state index contributed by atoms with van der Waals surface area (Å²) in [6, 6.07) is 13.5. The van der Waals surface area contributed by atoms with Crippen LogP contribution in [0.1, 0.15) is 0 Å². The number of nitrogens with one attached hydrogen (secondary N) is 1. The van der Waals surface area contributed by atoms with Crippen molar-refractivity contribution in [3.8, 4) is 33.9 Å². The number of aromatic nitrogens is 3. The zero-order chi connectivity index (χ0) is 19.8. The molecule has 0 aliphatic carbocycles. The second kappa shape index (κ2) is 7.14. The van der Waals surface area contributed by atoms with Crippen LogP contribution in [0.3, 0.4) is 0 Å². The molecule has 5 nitrogen and oxygen atoms in total. The van der Waals surface area contributed by atoms with Crippen LogP contribution in [0.4, 0.5) is 4.39 Å². The Labute approximate surface area is 168 Å². The first kappa shape index (κ1) is 18.3. The fraction of sp³-hybridized carbons (Fsp3) is 0. The van der Waals surface area contributed by atoms with Crippen molar-refractivity contribution in [3.63, 3.8) is 0 Å². The Kier molecular flexibility index (Phi) is 4.66. The molecule has 2 aromatic carbocycles. The van der Waals surface area contributed by atoms with E-state index in [2.05, 4.69) is 9.97 Å². The Balaban J connectivity index is 2.05. The van der Waals surface area contributed by atoms with Crippen LogP contribution < -0.4 is 5.56 Å². The molecule has 0 aliphatic rings. The number of benzene rings is 2. The van der Waals surface area contributed by atoms with Gasteiger partial charge in [-0.3, -0.25) is 4.79 Å². The highest BCUT2D eigenvalue weighted by Gasteiger charge is 2.24. The van der Waals surface area contributed by atoms with Crippen LogP contribution in [0.2, 0.25) is 10.0 Å². The molecule has 0 bridgehead atoms. The molecule has 0 spiro atoms. The van der Waals surface area contributed by atoms with E-state index < -0.39 is 5.82 Å². The molecule has 0 radical (unpaired) electrons. The highest BCUT2D eigenvalue weighted by atomic mass is 35.5. The van der Waals surface area contributed by atoms with Gasteiger partial charge in [0.15, 0.2) is 5.82 Å². The first-order valence-electron chi connectivity index (χ1n) is 8.17. The minimum Gasteiger partial charge on any atom is -0.426 e. The summed E-state index contributed by atoms with van der Waals surface area (Å²) in [6.07, 6.45) is 1.46. The van der Waals surface area contributed by atoms with Crippen LogP contribution >= 0.6 is 23.2 Å². The third kappa shape index (κ3) is 3.17. The van der Waals surface area contributed by atoms with Crippen molar-refractivity contribution >= 4 is 23.2 Å². The fourth-order valence-electron chi connectivity index (χ4n) is 2.95. The smallest absolute Gasteiger partial charge is 0.248 e. The lowest BCUT2D eigenvalue weighted by Gasteiger charge is -2.08. The number of imidazole rings is 1. The second-order valence-electron chi connectivity index (χ2n) is 5.99. The molecule has 0 atom stereocenters. The largest absolute Gasteiger partial charge is 0.426 e. The SMILES string of the molecule is O=c1cc(-c2c(-c3ccc(F)cc3)nc(-c3c(Cl)cccc3Cl)n2O)cc[nH]1. The highest BCUT2D eigenvalue weighted by Crippen LogP contribution is 2.39. The molecule has 4 rings (SSSR count). The van der Waals surface area contributed by atoms with Gasteiger partial charge < -0.3 is 10.2 Å². The number of nitrogens with zero attached hydrogens (tertiary/aromatic N) is 2. The highest BCUT2D eigenvalue weighted by molar-refractivity contribution is 6.39. The summed E-state index contributed by atoms with van der Waals surface area (Å²) < 4.78 is 14.2. The van der Waals surface area contributed by atoms with Crippen molar-refractivity contribution in [2.45, 2.75) is 0 Å². The van der Waals surface area contributed by atoms with Gasteiger partial charge in [0.05, 0.1) is 15.6 Å². The summed E-state index contributed by atoms with van der Waals surface area (Å²) in [5, 5.41) is 11.5. The van der Waals surface area contributed by atoms with Gasteiger partial charge in [-0.05, 0) is 42.5 Å². The van der Waals surface area contributed by atoms with E-state index in [0.717, 1.165) is 4.73 Å². The van der Waals surface area contributed by atoms with Crippen LogP contribution in [0.5, 0.6) is 0 Å². The van der Waals surface area contributed by atoms with Crippen LogP contribution in [0.25, 0.3) is 33.9 Å². The minimum absolute atomic E-state index is 0.102. The van der Waals surface area contributed by atoms with Crippen molar-refractivity contribution in [3.05, 3.63) is 87.0 Å². The number of hydrogen-bond acceptors (Lipinski definition) is 3. The summed E-state index contributed by atoms with van der Waals surface area (Å²) in [4.78, 5) is 18.8. The van der Waals surface area contributed by atoms with E-state index in [1.54, 1.807) is 24.3 Å². The van der Waals surface area contributed by atoms with Crippen LogP contribution in [-0.2, 0) is 0 Å². The quantitative estimate of drug-likeness (QED) is 0.448. The first-order valence-corrected chi connectivity index (χ1v) is 8.92. The molecular formula is C20H12Cl2FN3O2. The lowest BCUT2D eigenvalue weighted by molar-refractivity contribution is 0.195. The van der Waals surface area contributed by atoms with Gasteiger partial charge in [-0.25, -0.2) is 9.37 Å². The number of hydrogen-bond donors (Lipinski definition) is 2. The topological polar surface area (TPSA) is 70.9 Å². The van der Waals surface area contributed by atoms with Gasteiger partial charge in [0.25, 0.3) is 0 Å². The molecule has 0 amide bonds. The maximum Gasteiger partial charge on any atom is 0.248 e. The third-order valence-electron chi connectivity index (χ3n) is 4.21. The molecule has 2 heterocycles. The van der Waals surface area contributed by atoms with E-state index in [4.69, 9.17) is 23.2 Å². The Bertz CT molecular complexity index is 1210. The summed E-state index contributed by atoms with van der Waals surface area (Å²) in [7, 11) is 0. The van der Waals surface area contributed by atoms with Crippen molar-refractivity contribution in [2.75, 3.05) is 0 Å². The van der Waals surface area contributed by atoms with Gasteiger partial charge in [0.2, 0.25) is 5.56 Å². The van der Waals surface area contributed by atoms with E-state index in [-0.39, 0.29) is 17.1 Å². The molecule has 140 valence electrons. The van der Waals surface area contributed by atoms with Gasteiger partial charge in [-0.1, -0.05) is 29.3 Å². The average molecular weight is 416 g/mol. The van der Waals surface area contributed by atoms with Gasteiger partial charge >= 0.3 is 0 Å². The summed E-state index contributed by atoms with van der Waals surface area (Å²) in [6.45, 7) is 0. The summed E-state index contributed by atoms with van der Waals surface area (Å²) in [5.74, 6) is -0.301. The Hall–Kier alpha value is -3.09. The molecule has 8 heteroatoms. The van der Waals surface area contributed by atoms with Gasteiger partial charge in [0.1, 0.15) is 17.2 Å². The fourth-order valence-corrected chi connectivity index (χ4v) is 3.51. The van der Waals surface area contributed by atoms with Crippen molar-refractivity contribution < 1.29 is 9.60 Å². The maximum atomic E-state index is 13.4. The molecule has 0 saturated heterocycles. The molecule has 4 aromatic rings. The average Bonchev–Trinajstić information content (AvgIpc) is 2.99. The van der Waals surface area contributed by atoms with E-state index in [1.807, 2.05) is 0 Å². The van der Waals surface area contributed by atoms with Crippen molar-refractivity contribution in [2.24, 2.45) is 0 Å². The lowest BCUT2D eigenvalue weighted by atomic mass is 10.1. The van der Waals surface area contributed by atoms with Gasteiger partial charge in [-0.2, -0.15) is 4.73 Å². The third-order valence-corrected chi connectivity index (χ3v) is 4.84. The molecule has 2 N–H and O–H groups in total. The van der Waals surface area contributed by atoms with Crippen molar-refractivity contribution in [1.82, 2.24) is 14.7 Å². The normalized spacial score (nSPS) is 11.0. The zero-order valence-corrected chi connectivity index (χ0v) is 15.7. The molecule has 2 aromatic heterocycles.